The smallest absolute Gasteiger partial charge is 0.444 e. The predicted molar refractivity (Wildman–Crippen MR) is 416 cm³/mol. The van der Waals surface area contributed by atoms with E-state index < -0.39 is 80.3 Å². The van der Waals surface area contributed by atoms with Crippen molar-refractivity contribution in [3.63, 3.8) is 0 Å². The molecule has 1 aliphatic heterocycles. The van der Waals surface area contributed by atoms with E-state index >= 15 is 0 Å². The molecule has 21 aliphatic rings. The first-order chi connectivity index (χ1) is 47.3. The Morgan fingerprint density at radius 1 is 0.426 bits per heavy atom. The Labute approximate surface area is 663 Å². The van der Waals surface area contributed by atoms with Crippen molar-refractivity contribution < 1.29 is 101 Å². The van der Waals surface area contributed by atoms with Crippen LogP contribution < -0.4 is 46.3 Å². The number of hydrogen-bond acceptors (Lipinski definition) is 19. The van der Waals surface area contributed by atoms with Crippen LogP contribution in [0.25, 0.3) is 0 Å². The Bertz CT molecular complexity index is 2930. The van der Waals surface area contributed by atoms with Crippen LogP contribution in [-0.2, 0) is 38.0 Å². The Morgan fingerprint density at radius 2 is 0.750 bits per heavy atom. The van der Waals surface area contributed by atoms with Crippen LogP contribution in [0.4, 0.5) is 24.0 Å². The molecule has 20 bridgehead atoms. The summed E-state index contributed by atoms with van der Waals surface area (Å²) in [5.74, 6) is 9.39. The molecule has 0 aromatic rings. The molecule has 14 unspecified atom stereocenters. The molecular weight excluding hydrogens is 1370 g/mol. The Hall–Kier alpha value is -3.46. The third kappa shape index (κ3) is 22.8. The quantitative estimate of drug-likeness (QED) is 0.0417. The van der Waals surface area contributed by atoms with Gasteiger partial charge in [0.15, 0.2) is 5.78 Å². The van der Waals surface area contributed by atoms with E-state index in [0.717, 1.165) is 140 Å². The number of aliphatic hydroxyl groups is 4. The van der Waals surface area contributed by atoms with Gasteiger partial charge in [-0.05, 0) is 374 Å². The fourth-order valence-corrected chi connectivity index (χ4v) is 23.6. The Balaban J connectivity index is 0.000000229. The number of rotatable bonds is 3. The van der Waals surface area contributed by atoms with Crippen LogP contribution in [0.5, 0.6) is 0 Å². The molecule has 1 heterocycles. The fraction of sp³-hybridized carbons (Fsp3) is 0.918. The minimum absolute atomic E-state index is 0. The SMILES string of the molecule is C.C.C.C1CCOC1.CC(C)(C)OC(=O)NC12CC3CC(CC(C3)C1(C)O)C2.CC(C)(C)OC(=O)NC12CC3CC(CC(C3)C1=O)C2.CC(C)(C)OC(=O)NC12CC3CC(CC(C3)C1O)C2.CC(C)(C)OC(=O)OC(=O)OC(C)(C)C.CC1(O)C2CC3CC(C2)CC1(N)C3.NC12CC3CC(CC(C3)C1O)C2.[CH3-].[Li+]. The van der Waals surface area contributed by atoms with Crippen molar-refractivity contribution in [2.75, 3.05) is 13.2 Å². The van der Waals surface area contributed by atoms with E-state index in [1.807, 2.05) is 76.2 Å². The van der Waals surface area contributed by atoms with Crippen molar-refractivity contribution >= 4 is 36.4 Å². The maximum absolute atomic E-state index is 12.5. The van der Waals surface area contributed by atoms with Gasteiger partial charge in [0.1, 0.15) is 33.5 Å². The first kappa shape index (κ1) is 95.1. The number of ketones is 1. The third-order valence-electron chi connectivity index (χ3n) is 26.5. The van der Waals surface area contributed by atoms with Gasteiger partial charge < -0.3 is 88.4 Å². The number of carbonyl (C=O) groups is 6. The molecule has 0 aromatic carbocycles. The molecule has 0 aromatic heterocycles. The van der Waals surface area contributed by atoms with Gasteiger partial charge >= 0.3 is 49.5 Å². The summed E-state index contributed by atoms with van der Waals surface area (Å²) in [5, 5.41) is 51.0. The van der Waals surface area contributed by atoms with Gasteiger partial charge in [-0.25, -0.2) is 24.0 Å². The van der Waals surface area contributed by atoms with E-state index in [4.69, 9.17) is 39.9 Å². The number of Topliss-reactive ketones (excluding diaryl/α,β-unsaturated/α-hetero) is 1. The standard InChI is InChI=1S/C16H27NO3.C15H25NO3.C15H23NO3.C11H19NO.C10H17NO.C10H18O5.C4H8O.3CH4.CH3.Li/c1-14(2,3)20-13(18)17-16-8-10-5-11(9-16)7-12(6-10)15(16,4)19;2*1-14(2,3)19-13(18)16-15-7-9-4-10(8-15)6-11(5-9)12(15)17;1-10(13)9-3-7-2-8(4-9)6-11(10,12)5-7;11-10-4-6-1-7(5-10)3-8(2-6)9(10)12;1-9(2,3)14-7(11)13-8(12)15-10(4,5)6;1-2-4-5-3-1;;;;;/h10-12,19H,5-9H2,1-4H3,(H,17,18);9-12,17H,4-8H2,1-3H3,(H,16,18);9-11H,4-8H2,1-3H3,(H,16,18);7-9,13H,2-6,12H2,1H3;6-9,12H,1-5,11H2;1-6H3;1-4H2;3*1H4;1H3;/q;;;;;;;;;;-1;+1. The molecule has 3 amide bonds. The van der Waals surface area contributed by atoms with Crippen LogP contribution in [0.2, 0.25) is 0 Å². The number of aliphatic hydroxyl groups excluding tert-OH is 2. The van der Waals surface area contributed by atoms with Gasteiger partial charge in [0.2, 0.25) is 0 Å². The maximum atomic E-state index is 12.5. The molecule has 620 valence electrons. The summed E-state index contributed by atoms with van der Waals surface area (Å²) in [6.07, 6.45) is 26.3. The predicted octanol–water partition coefficient (Wildman–Crippen LogP) is 13.1. The summed E-state index contributed by atoms with van der Waals surface area (Å²) in [6.45, 7) is 32.6. The molecule has 11 N–H and O–H groups in total. The van der Waals surface area contributed by atoms with Gasteiger partial charge in [0.05, 0.1) is 34.5 Å². The summed E-state index contributed by atoms with van der Waals surface area (Å²) < 4.78 is 34.8. The normalized spacial score (nSPS) is 40.9. The van der Waals surface area contributed by atoms with Crippen LogP contribution in [0, 0.1) is 96.2 Å². The molecule has 0 spiro atoms. The second-order valence-corrected chi connectivity index (χ2v) is 41.3. The average Bonchev–Trinajstić information content (AvgIpc) is 0.897. The third-order valence-corrected chi connectivity index (χ3v) is 26.5. The van der Waals surface area contributed by atoms with Crippen molar-refractivity contribution in [2.24, 2.45) is 100 Å². The number of amides is 3. The molecule has 23 heteroatoms. The van der Waals surface area contributed by atoms with Crippen LogP contribution in [0.15, 0.2) is 0 Å². The van der Waals surface area contributed by atoms with Crippen molar-refractivity contribution in [3.8, 4) is 0 Å². The number of carbonyl (C=O) groups excluding carboxylic acids is 6. The van der Waals surface area contributed by atoms with Crippen molar-refractivity contribution in [1.29, 1.82) is 0 Å². The molecule has 1 saturated heterocycles. The summed E-state index contributed by atoms with van der Waals surface area (Å²) in [6, 6.07) is 0. The van der Waals surface area contributed by atoms with E-state index in [1.54, 1.807) is 41.5 Å². The zero-order valence-electron chi connectivity index (χ0n) is 68.1. The van der Waals surface area contributed by atoms with Crippen molar-refractivity contribution in [3.05, 3.63) is 7.43 Å². The minimum atomic E-state index is -1.06. The van der Waals surface area contributed by atoms with Gasteiger partial charge in [0, 0.05) is 30.2 Å². The summed E-state index contributed by atoms with van der Waals surface area (Å²) >= 11 is 0. The number of nitrogens with one attached hydrogen (secondary N) is 3. The molecule has 0 radical (unpaired) electrons. The van der Waals surface area contributed by atoms with Gasteiger partial charge in [-0.1, -0.05) is 22.3 Å². The number of alkyl carbamates (subject to hydrolysis) is 3. The number of nitrogens with two attached hydrogens (primary N) is 2. The van der Waals surface area contributed by atoms with Crippen LogP contribution >= 0.6 is 0 Å². The molecule has 22 nitrogen and oxygen atoms in total. The second-order valence-electron chi connectivity index (χ2n) is 41.3. The van der Waals surface area contributed by atoms with Crippen molar-refractivity contribution in [2.45, 2.75) is 392 Å². The minimum Gasteiger partial charge on any atom is -0.444 e. The van der Waals surface area contributed by atoms with Crippen molar-refractivity contribution in [1.82, 2.24) is 16.0 Å². The van der Waals surface area contributed by atoms with E-state index in [9.17, 15) is 49.2 Å². The molecule has 20 aliphatic carbocycles. The Kier molecular flexibility index (Phi) is 30.8. The molecule has 21 rings (SSSR count). The molecule has 21 fully saturated rings. The van der Waals surface area contributed by atoms with Crippen LogP contribution in [0.3, 0.4) is 0 Å². The zero-order chi connectivity index (χ0) is 75.9. The maximum Gasteiger partial charge on any atom is 1.00 e. The molecule has 20 saturated carbocycles. The van der Waals surface area contributed by atoms with E-state index in [-0.39, 0.29) is 89.6 Å². The molecule has 14 atom stereocenters. The number of hydrogen-bond donors (Lipinski definition) is 9. The number of ether oxygens (including phenoxy) is 7. The van der Waals surface area contributed by atoms with Crippen LogP contribution in [-0.4, -0.2) is 149 Å². The van der Waals surface area contributed by atoms with Gasteiger partial charge in [-0.3, -0.25) is 4.79 Å². The van der Waals surface area contributed by atoms with Gasteiger partial charge in [0.25, 0.3) is 0 Å². The van der Waals surface area contributed by atoms with Crippen LogP contribution in [0.1, 0.15) is 313 Å². The van der Waals surface area contributed by atoms with Gasteiger partial charge in [-0.15, -0.1) is 0 Å². The molecular formula is C85H152LiN5O17. The first-order valence-corrected chi connectivity index (χ1v) is 40.0. The Morgan fingerprint density at radius 3 is 1.10 bits per heavy atom. The summed E-state index contributed by atoms with van der Waals surface area (Å²) in [7, 11) is 0. The topological polar surface area (TPSA) is 336 Å². The van der Waals surface area contributed by atoms with E-state index in [0.29, 0.717) is 59.2 Å². The second kappa shape index (κ2) is 34.9. The summed E-state index contributed by atoms with van der Waals surface area (Å²) in [4.78, 5) is 70.8. The molecule has 108 heavy (non-hydrogen) atoms. The van der Waals surface area contributed by atoms with Gasteiger partial charge in [-0.2, -0.15) is 0 Å². The monoisotopic (exact) mass is 1520 g/mol. The first-order valence-electron chi connectivity index (χ1n) is 40.0. The van der Waals surface area contributed by atoms with E-state index in [2.05, 4.69) is 20.7 Å². The van der Waals surface area contributed by atoms with E-state index in [1.165, 1.54) is 70.6 Å². The fourth-order valence-electron chi connectivity index (χ4n) is 23.6. The largest absolute Gasteiger partial charge is 1.00 e. The zero-order valence-corrected chi connectivity index (χ0v) is 68.1. The average molecular weight is 1520 g/mol. The summed E-state index contributed by atoms with van der Waals surface area (Å²) in [5.41, 5.74) is 6.32.